The summed E-state index contributed by atoms with van der Waals surface area (Å²) in [7, 11) is 0. The van der Waals surface area contributed by atoms with Gasteiger partial charge in [-0.15, -0.1) is 0 Å². The number of hydrogen-bond acceptors (Lipinski definition) is 3. The smallest absolute Gasteiger partial charge is 0.317 e. The van der Waals surface area contributed by atoms with E-state index in [0.717, 1.165) is 0 Å². The number of carbonyl (C=O) groups excluding carboxylic acids is 2. The fourth-order valence-corrected chi connectivity index (χ4v) is 2.98. The molecule has 2 unspecified atom stereocenters. The number of rotatable bonds is 2. The zero-order chi connectivity index (χ0) is 12.7. The lowest BCUT2D eigenvalue weighted by atomic mass is 9.71. The molecule has 2 atom stereocenters. The van der Waals surface area contributed by atoms with Crippen LogP contribution in [0.25, 0.3) is 0 Å². The first-order valence-corrected chi connectivity index (χ1v) is 6.39. The summed E-state index contributed by atoms with van der Waals surface area (Å²) in [4.78, 5) is 23.2. The summed E-state index contributed by atoms with van der Waals surface area (Å²) in [5, 5.41) is 0. The number of cyclic esters (lactones) is 2. The second-order valence-corrected chi connectivity index (χ2v) is 5.72. The van der Waals surface area contributed by atoms with Gasteiger partial charge in [0.15, 0.2) is 0 Å². The molecule has 0 saturated carbocycles. The number of ether oxygens (including phenoxy) is 1. The van der Waals surface area contributed by atoms with Gasteiger partial charge in [0.1, 0.15) is 0 Å². The number of esters is 2. The minimum absolute atomic E-state index is 0.220. The molecule has 3 heteroatoms. The minimum Gasteiger partial charge on any atom is -0.393 e. The highest BCUT2D eigenvalue weighted by Crippen LogP contribution is 2.44. The molecule has 17 heavy (non-hydrogen) atoms. The van der Waals surface area contributed by atoms with Gasteiger partial charge in [0, 0.05) is 0 Å². The van der Waals surface area contributed by atoms with Crippen LogP contribution in [0.15, 0.2) is 11.1 Å². The Bertz CT molecular complexity index is 354. The quantitative estimate of drug-likeness (QED) is 0.420. The van der Waals surface area contributed by atoms with Crippen LogP contribution >= 0.6 is 0 Å². The van der Waals surface area contributed by atoms with Gasteiger partial charge >= 0.3 is 11.9 Å². The van der Waals surface area contributed by atoms with Gasteiger partial charge < -0.3 is 4.74 Å². The van der Waals surface area contributed by atoms with Gasteiger partial charge in [-0.25, -0.2) is 0 Å². The number of fused-ring (bicyclic) bond motifs is 1. The molecule has 3 nitrogen and oxygen atoms in total. The van der Waals surface area contributed by atoms with Crippen LogP contribution in [0.2, 0.25) is 0 Å². The Morgan fingerprint density at radius 1 is 0.882 bits per heavy atom. The third-order valence-electron chi connectivity index (χ3n) is 3.98. The molecular formula is C14H20O3. The normalized spacial score (nSPS) is 29.1. The van der Waals surface area contributed by atoms with Crippen molar-refractivity contribution in [2.75, 3.05) is 0 Å². The second-order valence-electron chi connectivity index (χ2n) is 5.72. The van der Waals surface area contributed by atoms with Crippen molar-refractivity contribution in [2.45, 2.75) is 40.5 Å². The van der Waals surface area contributed by atoms with Crippen molar-refractivity contribution >= 4 is 11.9 Å². The van der Waals surface area contributed by atoms with Crippen LogP contribution in [0.3, 0.4) is 0 Å². The minimum atomic E-state index is -0.319. The largest absolute Gasteiger partial charge is 0.393 e. The number of carbonyl (C=O) groups is 2. The first-order chi connectivity index (χ1) is 7.91. The Balaban J connectivity index is 2.36. The average molecular weight is 236 g/mol. The summed E-state index contributed by atoms with van der Waals surface area (Å²) in [5.41, 5.74) is 2.71. The summed E-state index contributed by atoms with van der Waals surface area (Å²) >= 11 is 0. The third-order valence-corrected chi connectivity index (χ3v) is 3.98. The molecule has 1 saturated heterocycles. The maximum Gasteiger partial charge on any atom is 0.317 e. The molecular weight excluding hydrogens is 216 g/mol. The summed E-state index contributed by atoms with van der Waals surface area (Å²) in [6, 6.07) is 0. The van der Waals surface area contributed by atoms with E-state index in [1.165, 1.54) is 11.1 Å². The topological polar surface area (TPSA) is 43.4 Å². The Labute approximate surface area is 102 Å². The molecule has 0 N–H and O–H groups in total. The van der Waals surface area contributed by atoms with Gasteiger partial charge in [-0.1, -0.05) is 38.8 Å². The molecule has 1 aliphatic heterocycles. The molecule has 1 fully saturated rings. The first-order valence-electron chi connectivity index (χ1n) is 6.39. The van der Waals surface area contributed by atoms with Crippen LogP contribution in [0.1, 0.15) is 40.5 Å². The maximum atomic E-state index is 11.6. The van der Waals surface area contributed by atoms with Crippen LogP contribution in [0, 0.1) is 23.7 Å². The molecule has 2 rings (SSSR count). The Kier molecular flexibility index (Phi) is 3.11. The summed E-state index contributed by atoms with van der Waals surface area (Å²) < 4.78 is 4.76. The molecule has 0 bridgehead atoms. The zero-order valence-electron chi connectivity index (χ0n) is 10.9. The van der Waals surface area contributed by atoms with Crippen LogP contribution in [-0.4, -0.2) is 11.9 Å². The van der Waals surface area contributed by atoms with Gasteiger partial charge in [-0.2, -0.15) is 0 Å². The molecule has 0 radical (unpaired) electrons. The summed E-state index contributed by atoms with van der Waals surface area (Å²) in [6.45, 7) is 8.61. The second kappa shape index (κ2) is 4.28. The van der Waals surface area contributed by atoms with Gasteiger partial charge in [0.05, 0.1) is 11.8 Å². The van der Waals surface area contributed by atoms with E-state index in [0.29, 0.717) is 24.7 Å². The van der Waals surface area contributed by atoms with Crippen molar-refractivity contribution in [2.24, 2.45) is 23.7 Å². The molecule has 0 aromatic carbocycles. The van der Waals surface area contributed by atoms with Gasteiger partial charge in [-0.3, -0.25) is 9.59 Å². The lowest BCUT2D eigenvalue weighted by molar-refractivity contribution is -0.153. The third kappa shape index (κ3) is 2.03. The van der Waals surface area contributed by atoms with Crippen molar-refractivity contribution in [1.82, 2.24) is 0 Å². The Hall–Kier alpha value is -1.12. The molecule has 0 aromatic heterocycles. The van der Waals surface area contributed by atoms with Crippen molar-refractivity contribution < 1.29 is 14.3 Å². The lowest BCUT2D eigenvalue weighted by Crippen LogP contribution is -2.27. The van der Waals surface area contributed by atoms with E-state index in [4.69, 9.17) is 4.74 Å². The Morgan fingerprint density at radius 2 is 1.24 bits per heavy atom. The average Bonchev–Trinajstić information content (AvgIpc) is 2.52. The summed E-state index contributed by atoms with van der Waals surface area (Å²) in [5.74, 6) is -0.194. The van der Waals surface area contributed by atoms with Crippen LogP contribution in [0.4, 0.5) is 0 Å². The molecule has 0 amide bonds. The van der Waals surface area contributed by atoms with Crippen molar-refractivity contribution in [1.29, 1.82) is 0 Å². The van der Waals surface area contributed by atoms with Crippen molar-refractivity contribution in [3.63, 3.8) is 0 Å². The molecule has 0 spiro atoms. The predicted molar refractivity (Wildman–Crippen MR) is 64.0 cm³/mol. The van der Waals surface area contributed by atoms with Crippen molar-refractivity contribution in [3.05, 3.63) is 11.1 Å². The SMILES string of the molecule is CC(C)C1=C(C(C)C)CC2C(=O)OC(=O)C2C1. The van der Waals surface area contributed by atoms with E-state index in [9.17, 15) is 9.59 Å². The van der Waals surface area contributed by atoms with E-state index in [2.05, 4.69) is 27.7 Å². The molecule has 0 aromatic rings. The highest BCUT2D eigenvalue weighted by molar-refractivity contribution is 5.97. The van der Waals surface area contributed by atoms with E-state index in [-0.39, 0.29) is 23.8 Å². The van der Waals surface area contributed by atoms with Crippen LogP contribution < -0.4 is 0 Å². The molecule has 2 aliphatic rings. The van der Waals surface area contributed by atoms with Gasteiger partial charge in [0.2, 0.25) is 0 Å². The fraction of sp³-hybridized carbons (Fsp3) is 0.714. The number of hydrogen-bond donors (Lipinski definition) is 0. The molecule has 1 heterocycles. The van der Waals surface area contributed by atoms with E-state index < -0.39 is 0 Å². The lowest BCUT2D eigenvalue weighted by Gasteiger charge is -2.30. The number of allylic oxidation sites excluding steroid dienone is 2. The van der Waals surface area contributed by atoms with Crippen molar-refractivity contribution in [3.8, 4) is 0 Å². The van der Waals surface area contributed by atoms with Gasteiger partial charge in [0.25, 0.3) is 0 Å². The predicted octanol–water partition coefficient (Wildman–Crippen LogP) is 2.70. The van der Waals surface area contributed by atoms with Crippen LogP contribution in [-0.2, 0) is 14.3 Å². The standard InChI is InChI=1S/C14H20O3/c1-7(2)9-5-11-12(6-10(9)8(3)4)14(16)17-13(11)15/h7-8,11-12H,5-6H2,1-4H3. The molecule has 94 valence electrons. The van der Waals surface area contributed by atoms with E-state index >= 15 is 0 Å². The van der Waals surface area contributed by atoms with Crippen LogP contribution in [0.5, 0.6) is 0 Å². The highest BCUT2D eigenvalue weighted by Gasteiger charge is 2.47. The van der Waals surface area contributed by atoms with E-state index in [1.807, 2.05) is 0 Å². The molecule has 1 aliphatic carbocycles. The Morgan fingerprint density at radius 3 is 1.53 bits per heavy atom. The first kappa shape index (κ1) is 12.3. The highest BCUT2D eigenvalue weighted by atomic mass is 16.6. The van der Waals surface area contributed by atoms with E-state index in [1.54, 1.807) is 0 Å². The fourth-order valence-electron chi connectivity index (χ4n) is 2.98. The monoisotopic (exact) mass is 236 g/mol. The maximum absolute atomic E-state index is 11.6. The van der Waals surface area contributed by atoms with Gasteiger partial charge in [-0.05, 0) is 24.7 Å². The zero-order valence-corrected chi connectivity index (χ0v) is 10.9. The summed E-state index contributed by atoms with van der Waals surface area (Å²) in [6.07, 6.45) is 1.42.